The van der Waals surface area contributed by atoms with Gasteiger partial charge in [0.15, 0.2) is 0 Å². The van der Waals surface area contributed by atoms with Crippen molar-refractivity contribution in [2.45, 2.75) is 52.1 Å². The molecule has 0 aliphatic carbocycles. The van der Waals surface area contributed by atoms with Crippen LogP contribution in [0.4, 0.5) is 0 Å². The third-order valence-electron chi connectivity index (χ3n) is 3.90. The molecule has 0 bridgehead atoms. The molecule has 1 aliphatic rings. The van der Waals surface area contributed by atoms with Crippen LogP contribution >= 0.6 is 11.8 Å². The zero-order valence-electron chi connectivity index (χ0n) is 15.4. The average Bonchev–Trinajstić information content (AvgIpc) is 2.96. The maximum absolute atomic E-state index is 12.7. The number of amides is 2. The molecule has 0 unspecified atom stereocenters. The van der Waals surface area contributed by atoms with Gasteiger partial charge in [-0.25, -0.2) is 0 Å². The number of nitrogens with one attached hydrogen (secondary N) is 1. The van der Waals surface area contributed by atoms with Gasteiger partial charge in [-0.15, -0.1) is 11.8 Å². The molecule has 2 heterocycles. The Morgan fingerprint density at radius 2 is 2.16 bits per heavy atom. The van der Waals surface area contributed by atoms with Gasteiger partial charge in [0.1, 0.15) is 6.04 Å². The van der Waals surface area contributed by atoms with Gasteiger partial charge in [0.25, 0.3) is 0 Å². The first kappa shape index (κ1) is 19.5. The second-order valence-electron chi connectivity index (χ2n) is 6.94. The summed E-state index contributed by atoms with van der Waals surface area (Å²) in [7, 11) is 0. The number of hydrogen-bond acceptors (Lipinski definition) is 4. The van der Waals surface area contributed by atoms with Crippen molar-refractivity contribution < 1.29 is 9.59 Å². The summed E-state index contributed by atoms with van der Waals surface area (Å²) in [6, 6.07) is 5.18. The van der Waals surface area contributed by atoms with Crippen molar-refractivity contribution in [3.05, 3.63) is 41.7 Å². The summed E-state index contributed by atoms with van der Waals surface area (Å²) in [5.74, 6) is 0.914. The predicted octanol–water partition coefficient (Wildman–Crippen LogP) is 2.98. The fourth-order valence-corrected chi connectivity index (χ4v) is 4.41. The molecule has 0 spiro atoms. The fraction of sp³-hybridized carbons (Fsp3) is 0.526. The third-order valence-corrected chi connectivity index (χ3v) is 5.22. The summed E-state index contributed by atoms with van der Waals surface area (Å²) in [5, 5.41) is 2.97. The van der Waals surface area contributed by atoms with Crippen molar-refractivity contribution in [3.63, 3.8) is 0 Å². The number of thioether (sulfide) groups is 1. The van der Waals surface area contributed by atoms with E-state index >= 15 is 0 Å². The van der Waals surface area contributed by atoms with Crippen LogP contribution < -0.4 is 5.32 Å². The van der Waals surface area contributed by atoms with Crippen LogP contribution in [-0.2, 0) is 16.1 Å². The predicted molar refractivity (Wildman–Crippen MR) is 102 cm³/mol. The van der Waals surface area contributed by atoms with E-state index in [1.165, 1.54) is 0 Å². The van der Waals surface area contributed by atoms with Crippen molar-refractivity contribution in [2.75, 3.05) is 5.75 Å². The smallest absolute Gasteiger partial charge is 0.248 e. The molecule has 1 saturated heterocycles. The minimum atomic E-state index is -0.430. The first-order valence-electron chi connectivity index (χ1n) is 8.65. The lowest BCUT2D eigenvalue weighted by molar-refractivity contribution is -0.136. The van der Waals surface area contributed by atoms with Gasteiger partial charge in [-0.3, -0.25) is 14.6 Å². The second-order valence-corrected chi connectivity index (χ2v) is 8.15. The summed E-state index contributed by atoms with van der Waals surface area (Å²) in [5.41, 5.74) is 1.75. The van der Waals surface area contributed by atoms with Gasteiger partial charge in [-0.05, 0) is 38.3 Å². The van der Waals surface area contributed by atoms with Gasteiger partial charge < -0.3 is 10.2 Å². The number of rotatable bonds is 6. The number of carbonyl (C=O) groups is 2. The minimum Gasteiger partial charge on any atom is -0.349 e. The van der Waals surface area contributed by atoms with Crippen molar-refractivity contribution >= 4 is 23.6 Å². The lowest BCUT2D eigenvalue weighted by Crippen LogP contribution is -2.49. The highest BCUT2D eigenvalue weighted by Crippen LogP contribution is 2.33. The van der Waals surface area contributed by atoms with E-state index < -0.39 is 6.04 Å². The van der Waals surface area contributed by atoms with Crippen LogP contribution in [0.5, 0.6) is 0 Å². The quantitative estimate of drug-likeness (QED) is 0.791. The molecule has 1 aromatic heterocycles. The summed E-state index contributed by atoms with van der Waals surface area (Å²) in [6.45, 7) is 8.45. The molecular formula is C19H27N3O2S. The fourth-order valence-electron chi connectivity index (χ4n) is 2.77. The highest BCUT2D eigenvalue weighted by Gasteiger charge is 2.40. The summed E-state index contributed by atoms with van der Waals surface area (Å²) < 4.78 is 0. The van der Waals surface area contributed by atoms with Crippen molar-refractivity contribution in [3.8, 4) is 0 Å². The van der Waals surface area contributed by atoms with E-state index in [0.29, 0.717) is 18.2 Å². The number of allylic oxidation sites excluding steroid dienone is 1. The molecule has 2 rings (SSSR count). The topological polar surface area (TPSA) is 62.3 Å². The molecule has 6 heteroatoms. The summed E-state index contributed by atoms with van der Waals surface area (Å²) in [4.78, 5) is 31.3. The number of carbonyl (C=O) groups excluding carboxylic acids is 2. The zero-order valence-corrected chi connectivity index (χ0v) is 16.2. The summed E-state index contributed by atoms with van der Waals surface area (Å²) in [6.07, 6.45) is 4.21. The zero-order chi connectivity index (χ0) is 18.4. The maximum atomic E-state index is 12.7. The van der Waals surface area contributed by atoms with E-state index in [9.17, 15) is 9.59 Å². The van der Waals surface area contributed by atoms with Gasteiger partial charge in [-0.1, -0.05) is 25.5 Å². The summed E-state index contributed by atoms with van der Waals surface area (Å²) >= 11 is 1.69. The van der Waals surface area contributed by atoms with E-state index in [1.54, 1.807) is 28.9 Å². The molecule has 1 fully saturated rings. The Kier molecular flexibility index (Phi) is 7.05. The number of nitrogens with zero attached hydrogens (tertiary/aromatic N) is 2. The van der Waals surface area contributed by atoms with E-state index in [4.69, 9.17) is 0 Å². The lowest BCUT2D eigenvalue weighted by Gasteiger charge is -2.29. The number of hydrogen-bond donors (Lipinski definition) is 1. The van der Waals surface area contributed by atoms with Crippen molar-refractivity contribution in [1.29, 1.82) is 0 Å². The van der Waals surface area contributed by atoms with E-state index in [1.807, 2.05) is 32.0 Å². The van der Waals surface area contributed by atoms with Crippen LogP contribution in [0.15, 0.2) is 36.0 Å². The third kappa shape index (κ3) is 5.59. The average molecular weight is 362 g/mol. The highest BCUT2D eigenvalue weighted by atomic mass is 32.2. The Labute approximate surface area is 154 Å². The van der Waals surface area contributed by atoms with Crippen LogP contribution in [0.2, 0.25) is 0 Å². The van der Waals surface area contributed by atoms with E-state index in [-0.39, 0.29) is 17.2 Å². The SMILES string of the molecule is CC(C)=CC(=O)N1[C@@H](CC(C)C)SC[C@H]1C(=O)NCc1ccccn1. The van der Waals surface area contributed by atoms with Gasteiger partial charge in [0.05, 0.1) is 17.6 Å². The number of aromatic nitrogens is 1. The Hall–Kier alpha value is -1.82. The molecule has 0 radical (unpaired) electrons. The number of pyridine rings is 1. The molecule has 1 N–H and O–H groups in total. The molecule has 5 nitrogen and oxygen atoms in total. The first-order chi connectivity index (χ1) is 11.9. The van der Waals surface area contributed by atoms with Crippen LogP contribution in [0.1, 0.15) is 39.8 Å². The largest absolute Gasteiger partial charge is 0.349 e. The molecule has 1 aromatic rings. The van der Waals surface area contributed by atoms with E-state index in [2.05, 4.69) is 24.1 Å². The van der Waals surface area contributed by atoms with Gasteiger partial charge in [0.2, 0.25) is 11.8 Å². The van der Waals surface area contributed by atoms with Gasteiger partial charge in [0, 0.05) is 18.0 Å². The Balaban J connectivity index is 2.09. The Morgan fingerprint density at radius 3 is 2.76 bits per heavy atom. The standard InChI is InChI=1S/C19H27N3O2S/c1-13(2)9-17(23)22-16(12-25-18(22)10-14(3)4)19(24)21-11-15-7-5-6-8-20-15/h5-9,14,16,18H,10-12H2,1-4H3,(H,21,24)/t16-,18+/m0/s1. The van der Waals surface area contributed by atoms with Crippen LogP contribution in [0.25, 0.3) is 0 Å². The molecule has 2 amide bonds. The molecule has 25 heavy (non-hydrogen) atoms. The normalized spacial score (nSPS) is 19.8. The monoisotopic (exact) mass is 361 g/mol. The van der Waals surface area contributed by atoms with Gasteiger partial charge in [-0.2, -0.15) is 0 Å². The molecule has 136 valence electrons. The molecule has 0 saturated carbocycles. The lowest BCUT2D eigenvalue weighted by atomic mass is 10.1. The Morgan fingerprint density at radius 1 is 1.40 bits per heavy atom. The van der Waals surface area contributed by atoms with Crippen LogP contribution in [0, 0.1) is 5.92 Å². The first-order valence-corrected chi connectivity index (χ1v) is 9.69. The van der Waals surface area contributed by atoms with Crippen molar-refractivity contribution in [2.24, 2.45) is 5.92 Å². The van der Waals surface area contributed by atoms with Crippen LogP contribution in [0.3, 0.4) is 0 Å². The Bertz CT molecular complexity index is 627. The van der Waals surface area contributed by atoms with E-state index in [0.717, 1.165) is 17.7 Å². The highest BCUT2D eigenvalue weighted by molar-refractivity contribution is 8.00. The molecule has 0 aromatic carbocycles. The van der Waals surface area contributed by atoms with Crippen molar-refractivity contribution in [1.82, 2.24) is 15.2 Å². The van der Waals surface area contributed by atoms with Crippen LogP contribution in [-0.4, -0.2) is 38.9 Å². The molecule has 1 aliphatic heterocycles. The molecule has 2 atom stereocenters. The molecular weight excluding hydrogens is 334 g/mol. The van der Waals surface area contributed by atoms with Gasteiger partial charge >= 0.3 is 0 Å². The maximum Gasteiger partial charge on any atom is 0.248 e. The second kappa shape index (κ2) is 9.04. The minimum absolute atomic E-state index is 0.0497.